The lowest BCUT2D eigenvalue weighted by Gasteiger charge is -2.20. The van der Waals surface area contributed by atoms with Crippen molar-refractivity contribution in [2.45, 2.75) is 45.3 Å². The Morgan fingerprint density at radius 1 is 0.900 bits per heavy atom. The van der Waals surface area contributed by atoms with Gasteiger partial charge >= 0.3 is 18.4 Å². The largest absolute Gasteiger partial charge is 0.471 e. The predicted molar refractivity (Wildman–Crippen MR) is 99.2 cm³/mol. The van der Waals surface area contributed by atoms with Crippen molar-refractivity contribution in [1.29, 1.82) is 0 Å². The number of halogens is 6. The summed E-state index contributed by atoms with van der Waals surface area (Å²) in [6, 6.07) is 6.90. The van der Waals surface area contributed by atoms with E-state index < -0.39 is 41.4 Å². The lowest BCUT2D eigenvalue weighted by atomic mass is 10.0. The molecule has 0 heterocycles. The molecule has 2 aromatic carbocycles. The fourth-order valence-corrected chi connectivity index (χ4v) is 2.66. The number of carbonyl (C=O) groups excluding carboxylic acids is 1. The van der Waals surface area contributed by atoms with Gasteiger partial charge in [0.2, 0.25) is 0 Å². The maximum atomic E-state index is 12.9. The Morgan fingerprint density at radius 2 is 1.43 bits per heavy atom. The van der Waals surface area contributed by atoms with E-state index in [0.29, 0.717) is 17.9 Å². The first-order valence-corrected chi connectivity index (χ1v) is 8.90. The maximum Gasteiger partial charge on any atom is 0.416 e. The second kappa shape index (κ2) is 8.85. The Labute approximate surface area is 169 Å². The molecule has 0 spiro atoms. The SMILES string of the molecule is CC(NC(=O)Nc1cc(C(F)(F)F)cc(C(F)(F)F)c1)Oc1ccccc1C(C)C. The molecule has 4 nitrogen and oxygen atoms in total. The minimum atomic E-state index is -5.01. The topological polar surface area (TPSA) is 50.4 Å². The highest BCUT2D eigenvalue weighted by Gasteiger charge is 2.37. The molecule has 1 unspecified atom stereocenters. The quantitative estimate of drug-likeness (QED) is 0.423. The van der Waals surface area contributed by atoms with Gasteiger partial charge in [-0.3, -0.25) is 0 Å². The average Bonchev–Trinajstić information content (AvgIpc) is 2.59. The molecule has 0 aromatic heterocycles. The highest BCUT2D eigenvalue weighted by atomic mass is 19.4. The molecule has 0 aliphatic rings. The molecule has 2 aromatic rings. The van der Waals surface area contributed by atoms with Gasteiger partial charge in [0.05, 0.1) is 11.1 Å². The number of para-hydroxylation sites is 1. The molecule has 0 fully saturated rings. The number of carbonyl (C=O) groups is 1. The van der Waals surface area contributed by atoms with E-state index in [1.165, 1.54) is 6.92 Å². The smallest absolute Gasteiger partial charge is 0.416 e. The summed E-state index contributed by atoms with van der Waals surface area (Å²) in [4.78, 5) is 12.1. The first-order valence-electron chi connectivity index (χ1n) is 8.90. The number of anilines is 1. The zero-order valence-electron chi connectivity index (χ0n) is 16.3. The monoisotopic (exact) mass is 434 g/mol. The van der Waals surface area contributed by atoms with Gasteiger partial charge in [-0.1, -0.05) is 32.0 Å². The maximum absolute atomic E-state index is 12.9. The third-order valence-corrected chi connectivity index (χ3v) is 4.02. The van der Waals surface area contributed by atoms with Crippen LogP contribution in [-0.4, -0.2) is 12.3 Å². The van der Waals surface area contributed by atoms with Crippen molar-refractivity contribution >= 4 is 11.7 Å². The number of urea groups is 1. The van der Waals surface area contributed by atoms with Gasteiger partial charge < -0.3 is 15.4 Å². The van der Waals surface area contributed by atoms with Gasteiger partial charge in [-0.25, -0.2) is 4.79 Å². The van der Waals surface area contributed by atoms with Crippen LogP contribution >= 0.6 is 0 Å². The fraction of sp³-hybridized carbons (Fsp3) is 0.350. The summed E-state index contributed by atoms with van der Waals surface area (Å²) in [5.74, 6) is 0.631. The summed E-state index contributed by atoms with van der Waals surface area (Å²) in [5.41, 5.74) is -2.82. The van der Waals surface area contributed by atoms with Crippen LogP contribution in [0, 0.1) is 0 Å². The summed E-state index contributed by atoms with van der Waals surface area (Å²) in [5, 5.41) is 4.32. The normalized spacial score (nSPS) is 13.1. The Kier molecular flexibility index (Phi) is 6.89. The van der Waals surface area contributed by atoms with Gasteiger partial charge in [0.15, 0.2) is 6.23 Å². The van der Waals surface area contributed by atoms with Crippen molar-refractivity contribution in [2.75, 3.05) is 5.32 Å². The number of amides is 2. The summed E-state index contributed by atoms with van der Waals surface area (Å²) >= 11 is 0. The van der Waals surface area contributed by atoms with E-state index in [9.17, 15) is 31.1 Å². The van der Waals surface area contributed by atoms with Crippen LogP contribution in [0.2, 0.25) is 0 Å². The molecule has 2 rings (SSSR count). The zero-order valence-corrected chi connectivity index (χ0v) is 16.3. The molecule has 10 heteroatoms. The summed E-state index contributed by atoms with van der Waals surface area (Å²) in [6.07, 6.45) is -10.9. The molecular weight excluding hydrogens is 414 g/mol. The Morgan fingerprint density at radius 3 is 1.93 bits per heavy atom. The summed E-state index contributed by atoms with van der Waals surface area (Å²) < 4.78 is 83.1. The number of ether oxygens (including phenoxy) is 1. The van der Waals surface area contributed by atoms with Crippen molar-refractivity contribution < 1.29 is 35.9 Å². The van der Waals surface area contributed by atoms with Gasteiger partial charge in [0.1, 0.15) is 5.75 Å². The summed E-state index contributed by atoms with van der Waals surface area (Å²) in [6.45, 7) is 5.36. The number of alkyl halides is 6. The van der Waals surface area contributed by atoms with Gasteiger partial charge in [0, 0.05) is 5.69 Å². The first-order chi connectivity index (χ1) is 13.8. The number of nitrogens with one attached hydrogen (secondary N) is 2. The molecule has 0 bridgehead atoms. The number of benzene rings is 2. The van der Waals surface area contributed by atoms with Crippen LogP contribution in [0.4, 0.5) is 36.8 Å². The standard InChI is InChI=1S/C20H20F6N2O2/c1-11(2)16-6-4-5-7-17(16)30-12(3)27-18(29)28-15-9-13(19(21,22)23)8-14(10-15)20(24,25)26/h4-12H,1-3H3,(H2,27,28,29). The lowest BCUT2D eigenvalue weighted by Crippen LogP contribution is -2.39. The Bertz CT molecular complexity index is 861. The Hall–Kier alpha value is -2.91. The number of rotatable bonds is 5. The van der Waals surface area contributed by atoms with Gasteiger partial charge in [-0.15, -0.1) is 0 Å². The van der Waals surface area contributed by atoms with Crippen molar-refractivity contribution in [3.8, 4) is 5.75 Å². The number of hydrogen-bond donors (Lipinski definition) is 2. The fourth-order valence-electron chi connectivity index (χ4n) is 2.66. The lowest BCUT2D eigenvalue weighted by molar-refractivity contribution is -0.143. The van der Waals surface area contributed by atoms with E-state index in [1.807, 2.05) is 31.3 Å². The second-order valence-electron chi connectivity index (χ2n) is 6.85. The average molecular weight is 434 g/mol. The molecule has 0 radical (unpaired) electrons. The van der Waals surface area contributed by atoms with E-state index in [2.05, 4.69) is 5.32 Å². The molecule has 0 saturated carbocycles. The van der Waals surface area contributed by atoms with Crippen LogP contribution in [0.15, 0.2) is 42.5 Å². The van der Waals surface area contributed by atoms with E-state index in [-0.39, 0.29) is 12.0 Å². The molecule has 1 atom stereocenters. The van der Waals surface area contributed by atoms with Gasteiger partial charge in [0.25, 0.3) is 0 Å². The minimum absolute atomic E-state index is 0.0162. The number of hydrogen-bond acceptors (Lipinski definition) is 2. The van der Waals surface area contributed by atoms with Crippen LogP contribution in [-0.2, 0) is 12.4 Å². The second-order valence-corrected chi connectivity index (χ2v) is 6.85. The van der Waals surface area contributed by atoms with Crippen molar-refractivity contribution in [3.63, 3.8) is 0 Å². The van der Waals surface area contributed by atoms with E-state index >= 15 is 0 Å². The van der Waals surface area contributed by atoms with Gasteiger partial charge in [-0.05, 0) is 42.7 Å². The van der Waals surface area contributed by atoms with Crippen molar-refractivity contribution in [1.82, 2.24) is 5.32 Å². The third-order valence-electron chi connectivity index (χ3n) is 4.02. The van der Waals surface area contributed by atoms with Crippen LogP contribution < -0.4 is 15.4 Å². The third kappa shape index (κ3) is 6.30. The molecular formula is C20H20F6N2O2. The zero-order chi connectivity index (χ0) is 22.7. The highest BCUT2D eigenvalue weighted by Crippen LogP contribution is 2.37. The molecule has 30 heavy (non-hydrogen) atoms. The van der Waals surface area contributed by atoms with Crippen molar-refractivity contribution in [2.24, 2.45) is 0 Å². The summed E-state index contributed by atoms with van der Waals surface area (Å²) in [7, 11) is 0. The molecule has 164 valence electrons. The van der Waals surface area contributed by atoms with Crippen molar-refractivity contribution in [3.05, 3.63) is 59.2 Å². The molecule has 2 amide bonds. The molecule has 2 N–H and O–H groups in total. The highest BCUT2D eigenvalue weighted by molar-refractivity contribution is 5.89. The van der Waals surface area contributed by atoms with Crippen LogP contribution in [0.3, 0.4) is 0 Å². The molecule has 0 aliphatic carbocycles. The van der Waals surface area contributed by atoms with Gasteiger partial charge in [-0.2, -0.15) is 26.3 Å². The van der Waals surface area contributed by atoms with Crippen LogP contribution in [0.5, 0.6) is 5.75 Å². The minimum Gasteiger partial charge on any atom is -0.471 e. The first kappa shape index (κ1) is 23.4. The van der Waals surface area contributed by atoms with Crippen LogP contribution in [0.25, 0.3) is 0 Å². The predicted octanol–water partition coefficient (Wildman–Crippen LogP) is 6.39. The van der Waals surface area contributed by atoms with E-state index in [0.717, 1.165) is 5.56 Å². The molecule has 0 saturated heterocycles. The van der Waals surface area contributed by atoms with E-state index in [4.69, 9.17) is 4.74 Å². The van der Waals surface area contributed by atoms with E-state index in [1.54, 1.807) is 12.1 Å². The molecule has 0 aliphatic heterocycles. The Balaban J connectivity index is 2.14. The van der Waals surface area contributed by atoms with Crippen LogP contribution in [0.1, 0.15) is 43.4 Å².